The van der Waals surface area contributed by atoms with Gasteiger partial charge in [0.05, 0.1) is 17.1 Å². The largest absolute Gasteiger partial charge is 0.473 e. The van der Waals surface area contributed by atoms with E-state index in [0.29, 0.717) is 4.47 Å². The highest BCUT2D eigenvalue weighted by Crippen LogP contribution is 2.27. The number of ether oxygens (including phenoxy) is 1. The maximum Gasteiger partial charge on any atom is 0.473 e. The summed E-state index contributed by atoms with van der Waals surface area (Å²) in [5.41, 5.74) is 1.63. The van der Waals surface area contributed by atoms with E-state index >= 15 is 0 Å². The van der Waals surface area contributed by atoms with Gasteiger partial charge in [-0.15, -0.1) is 0 Å². The molecule has 0 spiro atoms. The average Bonchev–Trinajstić information content (AvgIpc) is 2.39. The summed E-state index contributed by atoms with van der Waals surface area (Å²) in [6.45, 7) is 0. The molecule has 0 aliphatic heterocycles. The summed E-state index contributed by atoms with van der Waals surface area (Å²) in [5, 5.41) is 24.6. The molecule has 0 saturated carbocycles. The van der Waals surface area contributed by atoms with Gasteiger partial charge in [-0.2, -0.15) is 5.43 Å². The molecule has 0 fully saturated rings. The molecule has 1 rings (SSSR count). The van der Waals surface area contributed by atoms with Crippen molar-refractivity contribution in [1.29, 1.82) is 0 Å². The minimum atomic E-state index is -1.28. The van der Waals surface area contributed by atoms with Gasteiger partial charge < -0.3 is 14.9 Å². The van der Waals surface area contributed by atoms with Crippen molar-refractivity contribution in [2.24, 2.45) is 5.10 Å². The number of halogens is 1. The van der Waals surface area contributed by atoms with Gasteiger partial charge in [0.15, 0.2) is 5.69 Å². The number of hydrazone groups is 1. The van der Waals surface area contributed by atoms with Gasteiger partial charge in [0, 0.05) is 10.5 Å². The zero-order valence-corrected chi connectivity index (χ0v) is 11.5. The molecule has 20 heavy (non-hydrogen) atoms. The maximum absolute atomic E-state index is 11.1. The second kappa shape index (κ2) is 6.56. The van der Waals surface area contributed by atoms with Crippen molar-refractivity contribution in [2.75, 3.05) is 12.5 Å². The van der Waals surface area contributed by atoms with Crippen molar-refractivity contribution in [3.63, 3.8) is 0 Å². The summed E-state index contributed by atoms with van der Waals surface area (Å²) in [4.78, 5) is 30.7. The number of esters is 1. The first kappa shape index (κ1) is 15.5. The zero-order chi connectivity index (χ0) is 15.3. The standard InChI is InChI=1S/C9H7BrN4O6/c1-20-9(15)8(14(18)19)12-11-6-3-2-5(10)4-7(6)13(16)17/h2-4,11H,1H3. The van der Waals surface area contributed by atoms with E-state index in [9.17, 15) is 25.0 Å². The number of nitrogens with zero attached hydrogens (tertiary/aromatic N) is 3. The Hall–Kier alpha value is -2.56. The lowest BCUT2D eigenvalue weighted by molar-refractivity contribution is -0.384. The quantitative estimate of drug-likeness (QED) is 0.288. The van der Waals surface area contributed by atoms with Crippen LogP contribution in [0.1, 0.15) is 0 Å². The molecule has 0 radical (unpaired) electrons. The van der Waals surface area contributed by atoms with Crippen LogP contribution < -0.4 is 5.43 Å². The molecule has 0 heterocycles. The lowest BCUT2D eigenvalue weighted by Gasteiger charge is -2.00. The minimum absolute atomic E-state index is 0.110. The molecule has 0 aromatic heterocycles. The first-order chi connectivity index (χ1) is 9.36. The van der Waals surface area contributed by atoms with Crippen LogP contribution in [-0.2, 0) is 9.53 Å². The predicted octanol–water partition coefficient (Wildman–Crippen LogP) is 1.53. The van der Waals surface area contributed by atoms with Crippen LogP contribution in [0.5, 0.6) is 0 Å². The molecule has 0 aliphatic rings. The number of carbonyl (C=O) groups is 1. The number of benzene rings is 1. The first-order valence-corrected chi connectivity index (χ1v) is 5.66. The van der Waals surface area contributed by atoms with Crippen molar-refractivity contribution >= 4 is 39.1 Å². The molecule has 0 atom stereocenters. The van der Waals surface area contributed by atoms with Crippen molar-refractivity contribution in [1.82, 2.24) is 0 Å². The topological polar surface area (TPSA) is 137 Å². The summed E-state index contributed by atoms with van der Waals surface area (Å²) in [7, 11) is 0.948. The monoisotopic (exact) mass is 346 g/mol. The Morgan fingerprint density at radius 2 is 2.05 bits per heavy atom. The van der Waals surface area contributed by atoms with Gasteiger partial charge >= 0.3 is 11.8 Å². The van der Waals surface area contributed by atoms with Gasteiger partial charge in [-0.25, -0.2) is 4.79 Å². The molecule has 1 aromatic carbocycles. The van der Waals surface area contributed by atoms with E-state index in [0.717, 1.165) is 7.11 Å². The second-order valence-corrected chi connectivity index (χ2v) is 4.13. The highest BCUT2D eigenvalue weighted by molar-refractivity contribution is 9.10. The Kier molecular flexibility index (Phi) is 5.08. The molecule has 10 nitrogen and oxygen atoms in total. The molecule has 0 unspecified atom stereocenters. The molecule has 1 N–H and O–H groups in total. The Morgan fingerprint density at radius 3 is 2.55 bits per heavy atom. The van der Waals surface area contributed by atoms with Gasteiger partial charge in [-0.05, 0) is 17.1 Å². The number of nitrogens with one attached hydrogen (secondary N) is 1. The fraction of sp³-hybridized carbons (Fsp3) is 0.111. The number of methoxy groups -OCH3 is 1. The van der Waals surface area contributed by atoms with Crippen molar-refractivity contribution < 1.29 is 19.4 Å². The molecule has 0 amide bonds. The lowest BCUT2D eigenvalue weighted by atomic mass is 10.3. The zero-order valence-electron chi connectivity index (χ0n) is 9.90. The molecule has 11 heteroatoms. The van der Waals surface area contributed by atoms with E-state index in [-0.39, 0.29) is 11.4 Å². The number of rotatable bonds is 3. The minimum Gasteiger partial charge on any atom is -0.460 e. The SMILES string of the molecule is COC(=O)C(=NNc1ccc(Br)cc1[N+](=O)[O-])[N+](=O)[O-]. The number of hydrogen-bond acceptors (Lipinski definition) is 8. The maximum atomic E-state index is 11.1. The van der Waals surface area contributed by atoms with Crippen molar-refractivity contribution in [3.05, 3.63) is 42.9 Å². The number of nitro groups is 2. The molecular formula is C9H7BrN4O6. The Morgan fingerprint density at radius 1 is 1.40 bits per heavy atom. The number of carbonyl (C=O) groups excluding carboxylic acids is 1. The first-order valence-electron chi connectivity index (χ1n) is 4.87. The predicted molar refractivity (Wildman–Crippen MR) is 70.9 cm³/mol. The Balaban J connectivity index is 3.12. The van der Waals surface area contributed by atoms with E-state index in [1.807, 2.05) is 0 Å². The molecule has 0 aliphatic carbocycles. The van der Waals surface area contributed by atoms with Crippen LogP contribution in [0.3, 0.4) is 0 Å². The third-order valence-corrected chi connectivity index (χ3v) is 2.47. The molecular weight excluding hydrogens is 340 g/mol. The second-order valence-electron chi connectivity index (χ2n) is 3.21. The smallest absolute Gasteiger partial charge is 0.460 e. The van der Waals surface area contributed by atoms with Crippen LogP contribution in [0.25, 0.3) is 0 Å². The van der Waals surface area contributed by atoms with Gasteiger partial charge in [0.2, 0.25) is 0 Å². The van der Waals surface area contributed by atoms with Gasteiger partial charge in [-0.1, -0.05) is 15.9 Å². The van der Waals surface area contributed by atoms with Crippen LogP contribution in [0.15, 0.2) is 27.8 Å². The number of nitro benzene ring substituents is 1. The van der Waals surface area contributed by atoms with Gasteiger partial charge in [-0.3, -0.25) is 10.1 Å². The fourth-order valence-electron chi connectivity index (χ4n) is 1.12. The normalized spacial score (nSPS) is 10.8. The molecule has 1 aromatic rings. The van der Waals surface area contributed by atoms with E-state index in [1.165, 1.54) is 18.2 Å². The average molecular weight is 347 g/mol. The highest BCUT2D eigenvalue weighted by atomic mass is 79.9. The summed E-state index contributed by atoms with van der Waals surface area (Å²) in [6.07, 6.45) is 0. The van der Waals surface area contributed by atoms with Gasteiger partial charge in [0.1, 0.15) is 0 Å². The van der Waals surface area contributed by atoms with E-state index in [2.05, 4.69) is 31.2 Å². The Bertz CT molecular complexity index is 602. The highest BCUT2D eigenvalue weighted by Gasteiger charge is 2.26. The summed E-state index contributed by atoms with van der Waals surface area (Å²) >= 11 is 3.05. The summed E-state index contributed by atoms with van der Waals surface area (Å²) in [6, 6.07) is 3.93. The van der Waals surface area contributed by atoms with Crippen LogP contribution in [0, 0.1) is 20.2 Å². The fourth-order valence-corrected chi connectivity index (χ4v) is 1.46. The molecule has 0 bridgehead atoms. The van der Waals surface area contributed by atoms with Crippen LogP contribution in [0.4, 0.5) is 11.4 Å². The number of anilines is 1. The number of amidine groups is 1. The third-order valence-electron chi connectivity index (χ3n) is 1.98. The van der Waals surface area contributed by atoms with E-state index < -0.39 is 21.7 Å². The molecule has 0 saturated heterocycles. The summed E-state index contributed by atoms with van der Waals surface area (Å²) < 4.78 is 4.61. The van der Waals surface area contributed by atoms with Crippen LogP contribution in [0.2, 0.25) is 0 Å². The van der Waals surface area contributed by atoms with Crippen LogP contribution >= 0.6 is 15.9 Å². The van der Waals surface area contributed by atoms with Crippen LogP contribution in [-0.4, -0.2) is 28.8 Å². The lowest BCUT2D eigenvalue weighted by Crippen LogP contribution is -2.25. The molecule has 106 valence electrons. The Labute approximate surface area is 119 Å². The number of hydrogen-bond donors (Lipinski definition) is 1. The summed E-state index contributed by atoms with van der Waals surface area (Å²) in [5.74, 6) is -2.40. The third kappa shape index (κ3) is 3.71. The van der Waals surface area contributed by atoms with E-state index in [4.69, 9.17) is 0 Å². The van der Waals surface area contributed by atoms with Crippen molar-refractivity contribution in [3.8, 4) is 0 Å². The van der Waals surface area contributed by atoms with Crippen molar-refractivity contribution in [2.45, 2.75) is 0 Å². The van der Waals surface area contributed by atoms with E-state index in [1.54, 1.807) is 0 Å². The van der Waals surface area contributed by atoms with Gasteiger partial charge in [0.25, 0.3) is 5.69 Å².